The maximum atomic E-state index is 12.3. The van der Waals surface area contributed by atoms with Crippen LogP contribution in [0, 0.1) is 0 Å². The highest BCUT2D eigenvalue weighted by molar-refractivity contribution is 5.92. The number of aromatic nitrogens is 5. The van der Waals surface area contributed by atoms with Gasteiger partial charge in [0, 0.05) is 18.3 Å². The fourth-order valence-electron chi connectivity index (χ4n) is 2.94. The van der Waals surface area contributed by atoms with Crippen LogP contribution < -0.4 is 5.32 Å². The molecule has 0 spiro atoms. The summed E-state index contributed by atoms with van der Waals surface area (Å²) in [5.41, 5.74) is 2.63. The van der Waals surface area contributed by atoms with Gasteiger partial charge >= 0.3 is 0 Å². The molecule has 1 aromatic carbocycles. The second-order valence-electron chi connectivity index (χ2n) is 6.60. The maximum Gasteiger partial charge on any atom is 0.272 e. The molecule has 8 nitrogen and oxygen atoms in total. The Morgan fingerprint density at radius 1 is 1.33 bits per heavy atom. The molecule has 0 aliphatic rings. The molecule has 3 aromatic heterocycles. The molecule has 0 bridgehead atoms. The number of hydrogen-bond acceptors (Lipinski definition) is 5. The molecule has 0 saturated carbocycles. The van der Waals surface area contributed by atoms with Gasteiger partial charge in [-0.05, 0) is 18.2 Å². The van der Waals surface area contributed by atoms with E-state index in [4.69, 9.17) is 4.42 Å². The Labute approximate surface area is 155 Å². The first-order valence-electron chi connectivity index (χ1n) is 8.78. The van der Waals surface area contributed by atoms with E-state index >= 15 is 0 Å². The van der Waals surface area contributed by atoms with Crippen LogP contribution in [-0.4, -0.2) is 30.6 Å². The highest BCUT2D eigenvalue weighted by Gasteiger charge is 2.14. The predicted octanol–water partition coefficient (Wildman–Crippen LogP) is 2.85. The monoisotopic (exact) mass is 364 g/mol. The Kier molecular flexibility index (Phi) is 4.45. The van der Waals surface area contributed by atoms with E-state index in [1.165, 1.54) is 0 Å². The summed E-state index contributed by atoms with van der Waals surface area (Å²) in [6.07, 6.45) is 3.70. The van der Waals surface area contributed by atoms with Crippen LogP contribution in [0.15, 0.2) is 47.1 Å². The standard InChI is InChI=1S/C19H20N6O2/c1-12(2)18-20-7-8-25(18)11-13-9-15(24-23-13)19(26)21-10-17-22-14-5-3-4-6-16(14)27-17/h3-9,12H,10-11H2,1-2H3,(H,21,26)(H,23,24). The molecule has 27 heavy (non-hydrogen) atoms. The molecule has 2 N–H and O–H groups in total. The van der Waals surface area contributed by atoms with Crippen molar-refractivity contribution in [1.29, 1.82) is 0 Å². The number of carbonyl (C=O) groups excluding carboxylic acids is 1. The van der Waals surface area contributed by atoms with Crippen molar-refractivity contribution in [3.63, 3.8) is 0 Å². The topological polar surface area (TPSA) is 102 Å². The maximum absolute atomic E-state index is 12.3. The molecule has 4 aromatic rings. The average molecular weight is 364 g/mol. The molecule has 0 radical (unpaired) electrons. The van der Waals surface area contributed by atoms with Gasteiger partial charge in [0.25, 0.3) is 5.91 Å². The van der Waals surface area contributed by atoms with Crippen molar-refractivity contribution < 1.29 is 9.21 Å². The molecule has 0 fully saturated rings. The quantitative estimate of drug-likeness (QED) is 0.548. The molecule has 0 saturated heterocycles. The number of hydrogen-bond donors (Lipinski definition) is 2. The summed E-state index contributed by atoms with van der Waals surface area (Å²) >= 11 is 0. The summed E-state index contributed by atoms with van der Waals surface area (Å²) in [6, 6.07) is 9.22. The van der Waals surface area contributed by atoms with Crippen molar-refractivity contribution in [2.75, 3.05) is 0 Å². The fraction of sp³-hybridized carbons (Fsp3) is 0.263. The number of oxazole rings is 1. The van der Waals surface area contributed by atoms with Crippen LogP contribution in [0.5, 0.6) is 0 Å². The highest BCUT2D eigenvalue weighted by atomic mass is 16.3. The normalized spacial score (nSPS) is 11.4. The lowest BCUT2D eigenvalue weighted by Crippen LogP contribution is -2.23. The van der Waals surface area contributed by atoms with Gasteiger partial charge < -0.3 is 14.3 Å². The first-order valence-corrected chi connectivity index (χ1v) is 8.78. The second kappa shape index (κ2) is 7.06. The summed E-state index contributed by atoms with van der Waals surface area (Å²) in [4.78, 5) is 21.0. The summed E-state index contributed by atoms with van der Waals surface area (Å²) in [6.45, 7) is 4.97. The van der Waals surface area contributed by atoms with Crippen molar-refractivity contribution >= 4 is 17.0 Å². The number of carbonyl (C=O) groups is 1. The SMILES string of the molecule is CC(C)c1nccn1Cc1cc(C(=O)NCc2nc3ccccc3o2)n[nH]1. The van der Waals surface area contributed by atoms with E-state index in [0.29, 0.717) is 29.6 Å². The minimum Gasteiger partial charge on any atom is -0.439 e. The van der Waals surface area contributed by atoms with Crippen LogP contribution in [0.25, 0.3) is 11.1 Å². The van der Waals surface area contributed by atoms with E-state index in [-0.39, 0.29) is 12.5 Å². The number of H-pyrrole nitrogens is 1. The van der Waals surface area contributed by atoms with Crippen molar-refractivity contribution in [3.05, 3.63) is 65.8 Å². The van der Waals surface area contributed by atoms with Gasteiger partial charge in [-0.1, -0.05) is 26.0 Å². The van der Waals surface area contributed by atoms with Crippen LogP contribution in [-0.2, 0) is 13.1 Å². The minimum atomic E-state index is -0.283. The Bertz CT molecular complexity index is 1040. The molecule has 0 unspecified atom stereocenters. The summed E-state index contributed by atoms with van der Waals surface area (Å²) in [7, 11) is 0. The number of aromatic amines is 1. The minimum absolute atomic E-state index is 0.203. The van der Waals surface area contributed by atoms with Gasteiger partial charge in [-0.2, -0.15) is 5.10 Å². The Balaban J connectivity index is 1.40. The van der Waals surface area contributed by atoms with Gasteiger partial charge in [-0.15, -0.1) is 0 Å². The lowest BCUT2D eigenvalue weighted by molar-refractivity contribution is 0.0942. The first kappa shape index (κ1) is 17.0. The van der Waals surface area contributed by atoms with E-state index in [0.717, 1.165) is 17.0 Å². The van der Waals surface area contributed by atoms with Crippen LogP contribution in [0.3, 0.4) is 0 Å². The second-order valence-corrected chi connectivity index (χ2v) is 6.60. The summed E-state index contributed by atoms with van der Waals surface area (Å²) in [5.74, 6) is 1.49. The van der Waals surface area contributed by atoms with Crippen LogP contribution in [0.4, 0.5) is 0 Å². The number of rotatable bonds is 6. The largest absolute Gasteiger partial charge is 0.439 e. The molecule has 0 aliphatic carbocycles. The van der Waals surface area contributed by atoms with Gasteiger partial charge in [0.05, 0.1) is 18.8 Å². The number of imidazole rings is 1. The first-order chi connectivity index (χ1) is 13.1. The van der Waals surface area contributed by atoms with Gasteiger partial charge in [-0.3, -0.25) is 9.89 Å². The van der Waals surface area contributed by atoms with E-state index in [1.807, 2.05) is 35.0 Å². The number of benzene rings is 1. The fourth-order valence-corrected chi connectivity index (χ4v) is 2.94. The molecule has 8 heteroatoms. The zero-order valence-electron chi connectivity index (χ0n) is 15.1. The lowest BCUT2D eigenvalue weighted by atomic mass is 10.2. The van der Waals surface area contributed by atoms with Crippen LogP contribution in [0.2, 0.25) is 0 Å². The Morgan fingerprint density at radius 2 is 2.19 bits per heavy atom. The number of fused-ring (bicyclic) bond motifs is 1. The number of amides is 1. The highest BCUT2D eigenvalue weighted by Crippen LogP contribution is 2.15. The van der Waals surface area contributed by atoms with E-state index in [2.05, 4.69) is 39.3 Å². The Morgan fingerprint density at radius 3 is 3.00 bits per heavy atom. The third-order valence-corrected chi connectivity index (χ3v) is 4.21. The molecule has 3 heterocycles. The molecule has 0 atom stereocenters. The molecule has 0 aliphatic heterocycles. The van der Waals surface area contributed by atoms with E-state index in [1.54, 1.807) is 12.3 Å². The molecule has 4 rings (SSSR count). The average Bonchev–Trinajstić information content (AvgIpc) is 3.38. The van der Waals surface area contributed by atoms with Gasteiger partial charge in [0.2, 0.25) is 5.89 Å². The van der Waals surface area contributed by atoms with Crippen molar-refractivity contribution in [2.45, 2.75) is 32.9 Å². The smallest absolute Gasteiger partial charge is 0.272 e. The van der Waals surface area contributed by atoms with Crippen molar-refractivity contribution in [3.8, 4) is 0 Å². The zero-order chi connectivity index (χ0) is 18.8. The number of nitrogens with one attached hydrogen (secondary N) is 2. The van der Waals surface area contributed by atoms with Gasteiger partial charge in [-0.25, -0.2) is 9.97 Å². The number of para-hydroxylation sites is 2. The third kappa shape index (κ3) is 3.59. The third-order valence-electron chi connectivity index (χ3n) is 4.21. The van der Waals surface area contributed by atoms with Crippen LogP contribution >= 0.6 is 0 Å². The van der Waals surface area contributed by atoms with E-state index in [9.17, 15) is 4.79 Å². The molecule has 1 amide bonds. The van der Waals surface area contributed by atoms with E-state index < -0.39 is 0 Å². The summed E-state index contributed by atoms with van der Waals surface area (Å²) < 4.78 is 7.64. The van der Waals surface area contributed by atoms with Gasteiger partial charge in [0.15, 0.2) is 5.58 Å². The zero-order valence-corrected chi connectivity index (χ0v) is 15.1. The number of nitrogens with zero attached hydrogens (tertiary/aromatic N) is 4. The Hall–Kier alpha value is -3.42. The molecular weight excluding hydrogens is 344 g/mol. The summed E-state index contributed by atoms with van der Waals surface area (Å²) in [5, 5.41) is 9.80. The lowest BCUT2D eigenvalue weighted by Gasteiger charge is -2.08. The predicted molar refractivity (Wildman–Crippen MR) is 99.2 cm³/mol. The van der Waals surface area contributed by atoms with Crippen LogP contribution in [0.1, 0.15) is 47.7 Å². The molecule has 138 valence electrons. The van der Waals surface area contributed by atoms with Gasteiger partial charge in [0.1, 0.15) is 17.0 Å². The van der Waals surface area contributed by atoms with Crippen molar-refractivity contribution in [2.24, 2.45) is 0 Å². The molecular formula is C19H20N6O2. The van der Waals surface area contributed by atoms with Crippen molar-refractivity contribution in [1.82, 2.24) is 30.0 Å².